The molecule has 0 spiro atoms. The second-order valence-corrected chi connectivity index (χ2v) is 5.59. The number of halogens is 3. The van der Waals surface area contributed by atoms with Crippen molar-refractivity contribution in [2.24, 2.45) is 0 Å². The van der Waals surface area contributed by atoms with Crippen molar-refractivity contribution in [1.29, 1.82) is 0 Å². The third-order valence-corrected chi connectivity index (χ3v) is 4.12. The average molecular weight is 348 g/mol. The Morgan fingerprint density at radius 1 is 1.00 bits per heavy atom. The summed E-state index contributed by atoms with van der Waals surface area (Å²) in [5, 5.41) is 19.1. The first-order valence-electron chi connectivity index (χ1n) is 7.15. The molecule has 0 saturated heterocycles. The number of alkyl halides is 3. The molecule has 4 nitrogen and oxygen atoms in total. The molecule has 25 heavy (non-hydrogen) atoms. The fraction of sp³-hybridized carbons (Fsp3) is 0.111. The van der Waals surface area contributed by atoms with E-state index >= 15 is 0 Å². The van der Waals surface area contributed by atoms with Crippen molar-refractivity contribution in [2.75, 3.05) is 0 Å². The van der Waals surface area contributed by atoms with E-state index in [4.69, 9.17) is 5.11 Å². The average Bonchev–Trinajstić information content (AvgIpc) is 2.53. The Kier molecular flexibility index (Phi) is 3.67. The van der Waals surface area contributed by atoms with Crippen molar-refractivity contribution >= 4 is 22.9 Å². The third kappa shape index (κ3) is 2.57. The van der Waals surface area contributed by atoms with Crippen LogP contribution in [0.2, 0.25) is 0 Å². The van der Waals surface area contributed by atoms with Crippen LogP contribution in [0.3, 0.4) is 0 Å². The maximum absolute atomic E-state index is 13.1. The molecule has 2 N–H and O–H groups in total. The minimum atomic E-state index is -4.71. The number of aromatic hydroxyl groups is 1. The second-order valence-electron chi connectivity index (χ2n) is 5.59. The van der Waals surface area contributed by atoms with E-state index in [1.165, 1.54) is 25.1 Å². The Morgan fingerprint density at radius 3 is 2.24 bits per heavy atom. The topological polar surface area (TPSA) is 74.6 Å². The zero-order valence-electron chi connectivity index (χ0n) is 12.8. The van der Waals surface area contributed by atoms with Crippen molar-refractivity contribution in [1.82, 2.24) is 0 Å². The van der Waals surface area contributed by atoms with Crippen LogP contribution in [0.4, 0.5) is 13.2 Å². The molecule has 1 aliphatic rings. The Bertz CT molecular complexity index is 955. The van der Waals surface area contributed by atoms with Gasteiger partial charge in [0.05, 0.1) is 16.7 Å². The first kappa shape index (κ1) is 16.8. The van der Waals surface area contributed by atoms with E-state index in [2.05, 4.69) is 0 Å². The fourth-order valence-electron chi connectivity index (χ4n) is 2.91. The van der Waals surface area contributed by atoms with Gasteiger partial charge in [0, 0.05) is 11.1 Å². The van der Waals surface area contributed by atoms with Crippen LogP contribution >= 0.6 is 0 Å². The first-order chi connectivity index (χ1) is 11.6. The van der Waals surface area contributed by atoms with Crippen LogP contribution in [0.1, 0.15) is 39.5 Å². The molecule has 0 bridgehead atoms. The predicted octanol–water partition coefficient (Wildman–Crippen LogP) is 3.97. The van der Waals surface area contributed by atoms with Crippen LogP contribution in [0.5, 0.6) is 5.75 Å². The standard InChI is InChI=1S/C18H11F3O4/c1-8-10-6-12(14(22)7-11(10)15(8)17(24)25)16(23)9-4-2-3-5-13(9)18(19,20)21/h2-7,22H,1H3,(H,24,25). The number of hydrogen-bond acceptors (Lipinski definition) is 3. The molecule has 0 fully saturated rings. The van der Waals surface area contributed by atoms with E-state index in [1.807, 2.05) is 0 Å². The zero-order valence-corrected chi connectivity index (χ0v) is 12.8. The van der Waals surface area contributed by atoms with E-state index in [-0.39, 0.29) is 16.7 Å². The van der Waals surface area contributed by atoms with Gasteiger partial charge in [0.15, 0.2) is 5.78 Å². The second kappa shape index (κ2) is 5.47. The molecule has 1 aliphatic carbocycles. The molecule has 7 heteroatoms. The Hall–Kier alpha value is -3.09. The van der Waals surface area contributed by atoms with Crippen molar-refractivity contribution in [2.45, 2.75) is 13.1 Å². The summed E-state index contributed by atoms with van der Waals surface area (Å²) in [7, 11) is 0. The number of allylic oxidation sites excluding steroid dienone is 1. The predicted molar refractivity (Wildman–Crippen MR) is 83.1 cm³/mol. The number of carbonyl (C=O) groups is 2. The smallest absolute Gasteiger partial charge is 0.417 e. The van der Waals surface area contributed by atoms with Gasteiger partial charge in [-0.3, -0.25) is 4.79 Å². The molecule has 0 unspecified atom stereocenters. The number of hydrogen-bond donors (Lipinski definition) is 2. The number of carbonyl (C=O) groups excluding carboxylic acids is 1. The molecule has 3 rings (SSSR count). The van der Waals surface area contributed by atoms with E-state index in [9.17, 15) is 27.9 Å². The van der Waals surface area contributed by atoms with Gasteiger partial charge < -0.3 is 10.2 Å². The number of benzene rings is 2. The summed E-state index contributed by atoms with van der Waals surface area (Å²) in [4.78, 5) is 23.7. The van der Waals surface area contributed by atoms with E-state index in [0.29, 0.717) is 11.1 Å². The highest BCUT2D eigenvalue weighted by atomic mass is 19.4. The molecule has 0 aromatic heterocycles. The largest absolute Gasteiger partial charge is 0.507 e. The Labute approximate surface area is 139 Å². The van der Waals surface area contributed by atoms with Crippen molar-refractivity contribution < 1.29 is 33.0 Å². The van der Waals surface area contributed by atoms with Gasteiger partial charge in [-0.05, 0) is 36.3 Å². The molecule has 0 amide bonds. The lowest BCUT2D eigenvalue weighted by Gasteiger charge is -2.24. The highest BCUT2D eigenvalue weighted by Crippen LogP contribution is 2.44. The fourth-order valence-corrected chi connectivity index (χ4v) is 2.91. The van der Waals surface area contributed by atoms with Gasteiger partial charge in [-0.1, -0.05) is 18.2 Å². The molecule has 2 aromatic carbocycles. The number of phenolic OH excluding ortho intramolecular Hbond substituents is 1. The lowest BCUT2D eigenvalue weighted by atomic mass is 9.79. The Morgan fingerprint density at radius 2 is 1.64 bits per heavy atom. The summed E-state index contributed by atoms with van der Waals surface area (Å²) >= 11 is 0. The van der Waals surface area contributed by atoms with Crippen molar-refractivity contribution in [3.05, 3.63) is 64.2 Å². The summed E-state index contributed by atoms with van der Waals surface area (Å²) in [6.45, 7) is 1.53. The van der Waals surface area contributed by atoms with Crippen molar-refractivity contribution in [3.63, 3.8) is 0 Å². The summed E-state index contributed by atoms with van der Waals surface area (Å²) in [6, 6.07) is 6.61. The molecule has 128 valence electrons. The number of fused-ring (bicyclic) bond motifs is 1. The number of carboxylic acids is 1. The molecule has 0 aliphatic heterocycles. The normalized spacial score (nSPS) is 13.3. The lowest BCUT2D eigenvalue weighted by molar-refractivity contribution is -0.138. The Balaban J connectivity index is 2.10. The van der Waals surface area contributed by atoms with Gasteiger partial charge in [0.25, 0.3) is 0 Å². The summed E-state index contributed by atoms with van der Waals surface area (Å²) in [5.74, 6) is -2.72. The van der Waals surface area contributed by atoms with Crippen molar-refractivity contribution in [3.8, 4) is 5.75 Å². The lowest BCUT2D eigenvalue weighted by Crippen LogP contribution is -2.16. The molecule has 0 radical (unpaired) electrons. The molecule has 0 saturated carbocycles. The third-order valence-electron chi connectivity index (χ3n) is 4.12. The molecular weight excluding hydrogens is 337 g/mol. The van der Waals surface area contributed by atoms with E-state index in [0.717, 1.165) is 18.2 Å². The first-order valence-corrected chi connectivity index (χ1v) is 7.15. The highest BCUT2D eigenvalue weighted by Gasteiger charge is 2.36. The van der Waals surface area contributed by atoms with Gasteiger partial charge in [-0.25, -0.2) is 4.79 Å². The SMILES string of the molecule is CC1=C(C(=O)O)c2cc(O)c(C(=O)c3ccccc3C(F)(F)F)cc21. The zero-order chi connectivity index (χ0) is 18.5. The number of aliphatic carboxylic acids is 1. The summed E-state index contributed by atoms with van der Waals surface area (Å²) in [6.07, 6.45) is -4.71. The monoisotopic (exact) mass is 348 g/mol. The molecular formula is C18H11F3O4. The minimum Gasteiger partial charge on any atom is -0.507 e. The summed E-state index contributed by atoms with van der Waals surface area (Å²) in [5.41, 5.74) is -0.892. The van der Waals surface area contributed by atoms with Gasteiger partial charge >= 0.3 is 12.1 Å². The number of rotatable bonds is 3. The van der Waals surface area contributed by atoms with Crippen LogP contribution in [-0.2, 0) is 11.0 Å². The number of phenols is 1. The summed E-state index contributed by atoms with van der Waals surface area (Å²) < 4.78 is 39.3. The van der Waals surface area contributed by atoms with E-state index in [1.54, 1.807) is 0 Å². The highest BCUT2D eigenvalue weighted by molar-refractivity contribution is 6.30. The van der Waals surface area contributed by atoms with Crippen LogP contribution < -0.4 is 0 Å². The van der Waals surface area contributed by atoms with Gasteiger partial charge in [0.2, 0.25) is 0 Å². The molecule has 0 heterocycles. The van der Waals surface area contributed by atoms with Gasteiger partial charge in [-0.15, -0.1) is 0 Å². The van der Waals surface area contributed by atoms with Crippen LogP contribution in [0, 0.1) is 0 Å². The van der Waals surface area contributed by atoms with Crippen LogP contribution in [0.15, 0.2) is 36.4 Å². The van der Waals surface area contributed by atoms with Gasteiger partial charge in [-0.2, -0.15) is 13.2 Å². The van der Waals surface area contributed by atoms with Crippen LogP contribution in [-0.4, -0.2) is 22.0 Å². The maximum atomic E-state index is 13.1. The maximum Gasteiger partial charge on any atom is 0.417 e. The van der Waals surface area contributed by atoms with E-state index < -0.39 is 34.8 Å². The van der Waals surface area contributed by atoms with Gasteiger partial charge in [0.1, 0.15) is 5.75 Å². The quantitative estimate of drug-likeness (QED) is 0.823. The number of carboxylic acid groups (broad SMARTS) is 1. The minimum absolute atomic E-state index is 0.0139. The van der Waals surface area contributed by atoms with Crippen LogP contribution in [0.25, 0.3) is 11.1 Å². The molecule has 2 aromatic rings. The number of ketones is 1. The molecule has 0 atom stereocenters.